The third kappa shape index (κ3) is 3.83. The minimum atomic E-state index is -0.659. The van der Waals surface area contributed by atoms with E-state index in [0.29, 0.717) is 5.69 Å². The highest BCUT2D eigenvalue weighted by Crippen LogP contribution is 2.20. The van der Waals surface area contributed by atoms with Crippen molar-refractivity contribution in [1.82, 2.24) is 9.97 Å². The molecule has 0 saturated heterocycles. The SMILES string of the molecule is O=[N+]([O-])c1cccc(Nc2ncc(F)c(NCCO)n2)c1. The van der Waals surface area contributed by atoms with Gasteiger partial charge in [-0.1, -0.05) is 6.07 Å². The Morgan fingerprint density at radius 3 is 2.95 bits per heavy atom. The van der Waals surface area contributed by atoms with Crippen LogP contribution in [0.15, 0.2) is 30.5 Å². The monoisotopic (exact) mass is 293 g/mol. The summed E-state index contributed by atoms with van der Waals surface area (Å²) in [6.45, 7) is -0.0265. The first-order valence-electron chi connectivity index (χ1n) is 5.99. The zero-order chi connectivity index (χ0) is 15.2. The molecule has 0 radical (unpaired) electrons. The van der Waals surface area contributed by atoms with Crippen molar-refractivity contribution >= 4 is 23.1 Å². The van der Waals surface area contributed by atoms with E-state index in [0.717, 1.165) is 6.20 Å². The summed E-state index contributed by atoms with van der Waals surface area (Å²) in [6.07, 6.45) is 0.965. The van der Waals surface area contributed by atoms with Crippen LogP contribution in [-0.4, -0.2) is 33.1 Å². The van der Waals surface area contributed by atoms with Crippen LogP contribution in [0.1, 0.15) is 0 Å². The zero-order valence-electron chi connectivity index (χ0n) is 10.8. The molecule has 0 aliphatic carbocycles. The molecule has 2 aromatic rings. The Morgan fingerprint density at radius 2 is 2.24 bits per heavy atom. The summed E-state index contributed by atoms with van der Waals surface area (Å²) in [6, 6.07) is 5.77. The molecule has 0 bridgehead atoms. The standard InChI is InChI=1S/C12H12FN5O3/c13-10-7-15-12(17-11(10)14-4-5-19)16-8-2-1-3-9(6-8)18(20)21/h1-3,6-7,19H,4-5H2,(H2,14,15,16,17). The number of anilines is 3. The normalized spacial score (nSPS) is 10.2. The number of nitrogens with zero attached hydrogens (tertiary/aromatic N) is 3. The smallest absolute Gasteiger partial charge is 0.271 e. The first-order chi connectivity index (χ1) is 10.1. The molecule has 0 fully saturated rings. The second-order valence-electron chi connectivity index (χ2n) is 3.97. The van der Waals surface area contributed by atoms with E-state index < -0.39 is 10.7 Å². The lowest BCUT2D eigenvalue weighted by atomic mass is 10.3. The van der Waals surface area contributed by atoms with E-state index in [1.165, 1.54) is 18.2 Å². The van der Waals surface area contributed by atoms with Crippen molar-refractivity contribution in [3.8, 4) is 0 Å². The molecule has 0 aliphatic rings. The number of non-ortho nitro benzene ring substituents is 1. The van der Waals surface area contributed by atoms with Gasteiger partial charge >= 0.3 is 0 Å². The molecule has 1 heterocycles. The Kier molecular flexibility index (Phi) is 4.57. The number of aliphatic hydroxyl groups excluding tert-OH is 1. The van der Waals surface area contributed by atoms with Crippen LogP contribution in [0.2, 0.25) is 0 Å². The van der Waals surface area contributed by atoms with Crippen molar-refractivity contribution in [2.24, 2.45) is 0 Å². The number of halogens is 1. The van der Waals surface area contributed by atoms with Crippen LogP contribution in [0.25, 0.3) is 0 Å². The Bertz CT molecular complexity index is 653. The van der Waals surface area contributed by atoms with Gasteiger partial charge in [0.25, 0.3) is 5.69 Å². The van der Waals surface area contributed by atoms with E-state index in [9.17, 15) is 14.5 Å². The fourth-order valence-corrected chi connectivity index (χ4v) is 1.55. The van der Waals surface area contributed by atoms with Gasteiger partial charge in [0.1, 0.15) is 0 Å². The molecule has 0 aliphatic heterocycles. The van der Waals surface area contributed by atoms with E-state index in [1.54, 1.807) is 6.07 Å². The Balaban J connectivity index is 2.19. The Labute approximate surface area is 118 Å². The summed E-state index contributed by atoms with van der Waals surface area (Å²) < 4.78 is 13.4. The summed E-state index contributed by atoms with van der Waals surface area (Å²) in [5.41, 5.74) is 0.324. The molecule has 0 saturated carbocycles. The molecule has 0 spiro atoms. The highest BCUT2D eigenvalue weighted by atomic mass is 19.1. The molecular formula is C12H12FN5O3. The maximum absolute atomic E-state index is 13.4. The molecule has 0 amide bonds. The number of hydrogen-bond acceptors (Lipinski definition) is 7. The van der Waals surface area contributed by atoms with Gasteiger partial charge in [-0.3, -0.25) is 10.1 Å². The fourth-order valence-electron chi connectivity index (χ4n) is 1.55. The van der Waals surface area contributed by atoms with Crippen molar-refractivity contribution in [2.75, 3.05) is 23.8 Å². The number of benzene rings is 1. The van der Waals surface area contributed by atoms with Gasteiger partial charge in [0.05, 0.1) is 17.7 Å². The average Bonchev–Trinajstić information content (AvgIpc) is 2.48. The lowest BCUT2D eigenvalue weighted by Gasteiger charge is -2.08. The van der Waals surface area contributed by atoms with E-state index in [4.69, 9.17) is 5.11 Å². The van der Waals surface area contributed by atoms with Crippen molar-refractivity contribution in [1.29, 1.82) is 0 Å². The molecule has 1 aromatic carbocycles. The van der Waals surface area contributed by atoms with E-state index >= 15 is 0 Å². The summed E-state index contributed by atoms with van der Waals surface area (Å²) in [4.78, 5) is 17.8. The lowest BCUT2D eigenvalue weighted by Crippen LogP contribution is -2.10. The molecule has 2 rings (SSSR count). The predicted octanol–water partition coefficient (Wildman–Crippen LogP) is 1.67. The molecule has 1 aromatic heterocycles. The highest BCUT2D eigenvalue weighted by molar-refractivity contribution is 5.58. The molecule has 21 heavy (non-hydrogen) atoms. The second kappa shape index (κ2) is 6.57. The van der Waals surface area contributed by atoms with E-state index in [1.807, 2.05) is 0 Å². The van der Waals surface area contributed by atoms with Crippen LogP contribution in [0, 0.1) is 15.9 Å². The topological polar surface area (TPSA) is 113 Å². The number of rotatable bonds is 6. The molecule has 110 valence electrons. The second-order valence-corrected chi connectivity index (χ2v) is 3.97. The highest BCUT2D eigenvalue weighted by Gasteiger charge is 2.09. The number of hydrogen-bond donors (Lipinski definition) is 3. The van der Waals surface area contributed by atoms with Gasteiger partial charge in [-0.15, -0.1) is 0 Å². The van der Waals surface area contributed by atoms with Crippen LogP contribution in [0.3, 0.4) is 0 Å². The first kappa shape index (κ1) is 14.6. The predicted molar refractivity (Wildman–Crippen MR) is 73.9 cm³/mol. The van der Waals surface area contributed by atoms with Crippen molar-refractivity contribution < 1.29 is 14.4 Å². The van der Waals surface area contributed by atoms with Gasteiger partial charge in [-0.25, -0.2) is 9.37 Å². The van der Waals surface area contributed by atoms with Gasteiger partial charge in [0.15, 0.2) is 11.6 Å². The van der Waals surface area contributed by atoms with Gasteiger partial charge < -0.3 is 15.7 Å². The fraction of sp³-hybridized carbons (Fsp3) is 0.167. The maximum atomic E-state index is 13.4. The Hall–Kier alpha value is -2.81. The van der Waals surface area contributed by atoms with Crippen molar-refractivity contribution in [3.05, 3.63) is 46.4 Å². The van der Waals surface area contributed by atoms with Gasteiger partial charge in [-0.2, -0.15) is 4.98 Å². The minimum Gasteiger partial charge on any atom is -0.395 e. The lowest BCUT2D eigenvalue weighted by molar-refractivity contribution is -0.384. The van der Waals surface area contributed by atoms with Gasteiger partial charge in [-0.05, 0) is 6.07 Å². The summed E-state index contributed by atoms with van der Waals surface area (Å²) in [7, 11) is 0. The molecular weight excluding hydrogens is 281 g/mol. The van der Waals surface area contributed by atoms with Gasteiger partial charge in [0, 0.05) is 24.4 Å². The zero-order valence-corrected chi connectivity index (χ0v) is 10.8. The van der Waals surface area contributed by atoms with E-state index in [2.05, 4.69) is 20.6 Å². The summed E-state index contributed by atoms with van der Waals surface area (Å²) in [5.74, 6) is -0.641. The summed E-state index contributed by atoms with van der Waals surface area (Å²) >= 11 is 0. The largest absolute Gasteiger partial charge is 0.395 e. The molecule has 8 nitrogen and oxygen atoms in total. The van der Waals surface area contributed by atoms with Crippen LogP contribution < -0.4 is 10.6 Å². The van der Waals surface area contributed by atoms with Crippen LogP contribution >= 0.6 is 0 Å². The molecule has 0 atom stereocenters. The van der Waals surface area contributed by atoms with Gasteiger partial charge in [0.2, 0.25) is 5.95 Å². The molecule has 3 N–H and O–H groups in total. The van der Waals surface area contributed by atoms with Crippen molar-refractivity contribution in [3.63, 3.8) is 0 Å². The van der Waals surface area contributed by atoms with Crippen LogP contribution in [0.4, 0.5) is 27.5 Å². The van der Waals surface area contributed by atoms with Crippen LogP contribution in [-0.2, 0) is 0 Å². The average molecular weight is 293 g/mol. The number of aromatic nitrogens is 2. The number of nitro benzene ring substituents is 1. The molecule has 9 heteroatoms. The maximum Gasteiger partial charge on any atom is 0.271 e. The third-order valence-electron chi connectivity index (χ3n) is 2.46. The third-order valence-corrected chi connectivity index (χ3v) is 2.46. The number of nitro groups is 1. The Morgan fingerprint density at radius 1 is 1.43 bits per heavy atom. The minimum absolute atomic E-state index is 0.0630. The number of nitrogens with one attached hydrogen (secondary N) is 2. The number of aliphatic hydroxyl groups is 1. The molecule has 0 unspecified atom stereocenters. The first-order valence-corrected chi connectivity index (χ1v) is 5.99. The quantitative estimate of drug-likeness (QED) is 0.548. The van der Waals surface area contributed by atoms with E-state index in [-0.39, 0.29) is 30.6 Å². The van der Waals surface area contributed by atoms with Crippen molar-refractivity contribution in [2.45, 2.75) is 0 Å². The summed E-state index contributed by atoms with van der Waals surface area (Å²) in [5, 5.41) is 24.7. The van der Waals surface area contributed by atoms with Crippen LogP contribution in [0.5, 0.6) is 0 Å².